The van der Waals surface area contributed by atoms with E-state index in [2.05, 4.69) is 4.74 Å². The lowest BCUT2D eigenvalue weighted by molar-refractivity contribution is -0.147. The molecule has 2 unspecified atom stereocenters. The maximum absolute atomic E-state index is 11.8. The van der Waals surface area contributed by atoms with Gasteiger partial charge in [-0.05, 0) is 6.92 Å². The van der Waals surface area contributed by atoms with Gasteiger partial charge in [0.2, 0.25) is 0 Å². The number of methoxy groups -OCH3 is 1. The number of hydrogen-bond donors (Lipinski definition) is 2. The number of carbonyl (C=O) groups is 2. The maximum Gasteiger partial charge on any atom is 0.311 e. The molecule has 0 radical (unpaired) electrons. The lowest BCUT2D eigenvalue weighted by Gasteiger charge is -2.16. The summed E-state index contributed by atoms with van der Waals surface area (Å²) in [5.74, 6) is -1.74. The maximum atomic E-state index is 11.8. The van der Waals surface area contributed by atoms with E-state index >= 15 is 0 Å². The van der Waals surface area contributed by atoms with Gasteiger partial charge in [0.05, 0.1) is 13.0 Å². The summed E-state index contributed by atoms with van der Waals surface area (Å²) in [7, 11) is 1.22. The van der Waals surface area contributed by atoms with Crippen LogP contribution in [0.25, 0.3) is 0 Å². The zero-order valence-corrected chi connectivity index (χ0v) is 10.9. The molecule has 0 spiro atoms. The predicted octanol–water partition coefficient (Wildman–Crippen LogP) is 0.882. The van der Waals surface area contributed by atoms with Crippen molar-refractivity contribution in [3.8, 4) is 0 Å². The summed E-state index contributed by atoms with van der Waals surface area (Å²) in [4.78, 5) is 23.1. The number of esters is 1. The Bertz CT molecular complexity index is 481. The second kappa shape index (κ2) is 6.70. The van der Waals surface area contributed by atoms with Crippen LogP contribution in [0, 0.1) is 5.92 Å². The van der Waals surface area contributed by atoms with Gasteiger partial charge in [-0.3, -0.25) is 9.59 Å². The molecule has 1 aromatic carbocycles. The molecule has 3 N–H and O–H groups in total. The number of ether oxygens (including phenoxy) is 1. The number of rotatable bonds is 5. The van der Waals surface area contributed by atoms with Crippen molar-refractivity contribution in [2.75, 3.05) is 7.11 Å². The molecule has 19 heavy (non-hydrogen) atoms. The van der Waals surface area contributed by atoms with Crippen molar-refractivity contribution in [1.82, 2.24) is 0 Å². The average molecular weight is 263 g/mol. The summed E-state index contributed by atoms with van der Waals surface area (Å²) in [5.41, 5.74) is 6.03. The minimum Gasteiger partial charge on any atom is -0.469 e. The molecule has 0 aromatic heterocycles. The quantitative estimate of drug-likeness (QED) is 0.467. The first kappa shape index (κ1) is 14.9. The van der Waals surface area contributed by atoms with Crippen LogP contribution in [0.1, 0.15) is 17.3 Å². The van der Waals surface area contributed by atoms with Crippen molar-refractivity contribution >= 4 is 11.8 Å². The third-order valence-electron chi connectivity index (χ3n) is 2.74. The molecule has 5 heteroatoms. The van der Waals surface area contributed by atoms with Gasteiger partial charge in [0.25, 0.3) is 0 Å². The zero-order chi connectivity index (χ0) is 14.4. The van der Waals surface area contributed by atoms with E-state index in [1.807, 2.05) is 0 Å². The van der Waals surface area contributed by atoms with Crippen molar-refractivity contribution in [2.24, 2.45) is 11.7 Å². The first-order chi connectivity index (χ1) is 8.97. The van der Waals surface area contributed by atoms with Gasteiger partial charge in [-0.15, -0.1) is 0 Å². The van der Waals surface area contributed by atoms with Gasteiger partial charge in [-0.25, -0.2) is 0 Å². The van der Waals surface area contributed by atoms with Gasteiger partial charge in [0.15, 0.2) is 5.78 Å². The number of aliphatic hydroxyl groups is 1. The van der Waals surface area contributed by atoms with Gasteiger partial charge in [0.1, 0.15) is 6.10 Å². The van der Waals surface area contributed by atoms with Crippen LogP contribution < -0.4 is 5.73 Å². The second-order valence-corrected chi connectivity index (χ2v) is 4.13. The Labute approximate surface area is 111 Å². The summed E-state index contributed by atoms with van der Waals surface area (Å²) in [6.07, 6.45) is -0.125. The Morgan fingerprint density at radius 3 is 2.42 bits per heavy atom. The summed E-state index contributed by atoms with van der Waals surface area (Å²) >= 11 is 0. The highest BCUT2D eigenvalue weighted by atomic mass is 16.5. The number of allylic oxidation sites excluding steroid dienone is 1. The smallest absolute Gasteiger partial charge is 0.311 e. The van der Waals surface area contributed by atoms with Gasteiger partial charge in [-0.1, -0.05) is 30.3 Å². The zero-order valence-electron chi connectivity index (χ0n) is 10.9. The number of benzene rings is 1. The van der Waals surface area contributed by atoms with Crippen LogP contribution in [0.4, 0.5) is 0 Å². The summed E-state index contributed by atoms with van der Waals surface area (Å²) in [6, 6.07) is 8.53. The normalized spacial score (nSPS) is 14.6. The molecular weight excluding hydrogens is 246 g/mol. The molecule has 0 saturated carbocycles. The summed E-state index contributed by atoms with van der Waals surface area (Å²) < 4.78 is 4.51. The highest BCUT2D eigenvalue weighted by Crippen LogP contribution is 2.12. The number of hydrogen-bond acceptors (Lipinski definition) is 5. The van der Waals surface area contributed by atoms with E-state index in [-0.39, 0.29) is 11.5 Å². The van der Waals surface area contributed by atoms with Crippen molar-refractivity contribution in [2.45, 2.75) is 13.0 Å². The van der Waals surface area contributed by atoms with E-state index in [9.17, 15) is 14.7 Å². The van der Waals surface area contributed by atoms with E-state index in [0.29, 0.717) is 5.56 Å². The topological polar surface area (TPSA) is 89.6 Å². The van der Waals surface area contributed by atoms with Crippen LogP contribution >= 0.6 is 0 Å². The second-order valence-electron chi connectivity index (χ2n) is 4.13. The first-order valence-corrected chi connectivity index (χ1v) is 5.79. The van der Waals surface area contributed by atoms with Gasteiger partial charge in [0, 0.05) is 17.3 Å². The van der Waals surface area contributed by atoms with E-state index < -0.39 is 18.0 Å². The third kappa shape index (κ3) is 3.93. The molecule has 1 aromatic rings. The third-order valence-corrected chi connectivity index (χ3v) is 2.74. The highest BCUT2D eigenvalue weighted by Gasteiger charge is 2.25. The minimum absolute atomic E-state index is 0.0632. The Kier molecular flexibility index (Phi) is 5.26. The largest absolute Gasteiger partial charge is 0.469 e. The molecule has 102 valence electrons. The molecule has 2 atom stereocenters. The van der Waals surface area contributed by atoms with Crippen LogP contribution in [0.3, 0.4) is 0 Å². The SMILES string of the molecule is COC(=O)C(C)C(O)/C(N)=C/C(=O)c1ccccc1. The fraction of sp³-hybridized carbons (Fsp3) is 0.286. The van der Waals surface area contributed by atoms with E-state index in [1.54, 1.807) is 30.3 Å². The molecule has 0 aliphatic carbocycles. The van der Waals surface area contributed by atoms with Crippen molar-refractivity contribution in [3.63, 3.8) is 0 Å². The van der Waals surface area contributed by atoms with Crippen LogP contribution in [0.5, 0.6) is 0 Å². The Hall–Kier alpha value is -2.14. The van der Waals surface area contributed by atoms with Crippen molar-refractivity contribution < 1.29 is 19.4 Å². The molecule has 0 aliphatic heterocycles. The molecule has 1 rings (SSSR count). The number of ketones is 1. The highest BCUT2D eigenvalue weighted by molar-refractivity contribution is 6.04. The first-order valence-electron chi connectivity index (χ1n) is 5.79. The van der Waals surface area contributed by atoms with Crippen molar-refractivity contribution in [1.29, 1.82) is 0 Å². The molecule has 0 saturated heterocycles. The molecule has 5 nitrogen and oxygen atoms in total. The minimum atomic E-state index is -1.25. The summed E-state index contributed by atoms with van der Waals surface area (Å²) in [5, 5.41) is 9.84. The molecule has 0 bridgehead atoms. The van der Waals surface area contributed by atoms with Gasteiger partial charge >= 0.3 is 5.97 Å². The van der Waals surface area contributed by atoms with Crippen LogP contribution in [0.2, 0.25) is 0 Å². The van der Waals surface area contributed by atoms with Gasteiger partial charge in [-0.2, -0.15) is 0 Å². The standard InChI is InChI=1S/C14H17NO4/c1-9(14(18)19-2)13(17)11(15)8-12(16)10-6-4-3-5-7-10/h3-9,13,17H,15H2,1-2H3/b11-8-. The van der Waals surface area contributed by atoms with Crippen LogP contribution in [-0.4, -0.2) is 30.1 Å². The Balaban J connectivity index is 2.82. The Morgan fingerprint density at radius 1 is 1.32 bits per heavy atom. The van der Waals surface area contributed by atoms with E-state index in [0.717, 1.165) is 6.08 Å². The molecular formula is C14H17NO4. The number of carbonyl (C=O) groups excluding carboxylic acids is 2. The monoisotopic (exact) mass is 263 g/mol. The molecule has 0 amide bonds. The van der Waals surface area contributed by atoms with Gasteiger partial charge < -0.3 is 15.6 Å². The summed E-state index contributed by atoms with van der Waals surface area (Å²) in [6.45, 7) is 1.48. The predicted molar refractivity (Wildman–Crippen MR) is 70.2 cm³/mol. The Morgan fingerprint density at radius 2 is 1.89 bits per heavy atom. The average Bonchev–Trinajstić information content (AvgIpc) is 2.45. The van der Waals surface area contributed by atoms with Crippen LogP contribution in [-0.2, 0) is 9.53 Å². The lowest BCUT2D eigenvalue weighted by Crippen LogP contribution is -2.31. The molecule has 0 aliphatic rings. The molecule has 0 heterocycles. The van der Waals surface area contributed by atoms with E-state index in [1.165, 1.54) is 14.0 Å². The van der Waals surface area contributed by atoms with Crippen molar-refractivity contribution in [3.05, 3.63) is 47.7 Å². The number of aliphatic hydroxyl groups excluding tert-OH is 1. The van der Waals surface area contributed by atoms with Crippen LogP contribution in [0.15, 0.2) is 42.1 Å². The fourth-order valence-electron chi connectivity index (χ4n) is 1.53. The van der Waals surface area contributed by atoms with E-state index in [4.69, 9.17) is 5.73 Å². The fourth-order valence-corrected chi connectivity index (χ4v) is 1.53. The number of nitrogens with two attached hydrogens (primary N) is 1. The molecule has 0 fully saturated rings. The lowest BCUT2D eigenvalue weighted by atomic mass is 10.0.